The highest BCUT2D eigenvalue weighted by molar-refractivity contribution is 6.35. The van der Waals surface area contributed by atoms with Crippen LogP contribution in [0.4, 0.5) is 5.69 Å². The molecule has 1 heterocycles. The smallest absolute Gasteiger partial charge is 0.261 e. The van der Waals surface area contributed by atoms with E-state index in [1.165, 1.54) is 6.20 Å². The fourth-order valence-electron chi connectivity index (χ4n) is 2.58. The molecule has 0 aliphatic rings. The Bertz CT molecular complexity index is 976. The Kier molecular flexibility index (Phi) is 3.92. The molecule has 5 heteroatoms. The van der Waals surface area contributed by atoms with Gasteiger partial charge in [-0.15, -0.1) is 0 Å². The van der Waals surface area contributed by atoms with E-state index in [4.69, 9.17) is 11.6 Å². The molecule has 0 bridgehead atoms. The molecule has 0 fully saturated rings. The normalized spacial score (nSPS) is 10.7. The van der Waals surface area contributed by atoms with Gasteiger partial charge in [0.05, 0.1) is 10.5 Å². The van der Waals surface area contributed by atoms with Crippen LogP contribution in [0.25, 0.3) is 10.9 Å². The SMILES string of the molecule is Cc1ccccc1NC(=O)c1cn(C)c2c(Cl)cccc2c1=O. The molecular formula is C18H15ClN2O2. The van der Waals surface area contributed by atoms with Gasteiger partial charge < -0.3 is 9.88 Å². The van der Waals surface area contributed by atoms with Crippen molar-refractivity contribution in [2.24, 2.45) is 7.05 Å². The van der Waals surface area contributed by atoms with E-state index in [9.17, 15) is 9.59 Å². The van der Waals surface area contributed by atoms with Gasteiger partial charge in [0.2, 0.25) is 5.43 Å². The summed E-state index contributed by atoms with van der Waals surface area (Å²) in [7, 11) is 1.76. The number of hydrogen-bond acceptors (Lipinski definition) is 2. The number of nitrogens with zero attached hydrogens (tertiary/aromatic N) is 1. The highest BCUT2D eigenvalue weighted by atomic mass is 35.5. The lowest BCUT2D eigenvalue weighted by molar-refractivity contribution is 0.102. The Balaban J connectivity index is 2.10. The highest BCUT2D eigenvalue weighted by Crippen LogP contribution is 2.21. The van der Waals surface area contributed by atoms with E-state index in [2.05, 4.69) is 5.32 Å². The van der Waals surface area contributed by atoms with Gasteiger partial charge in [-0.05, 0) is 30.7 Å². The van der Waals surface area contributed by atoms with Crippen molar-refractivity contribution in [1.82, 2.24) is 4.57 Å². The third-order valence-electron chi connectivity index (χ3n) is 3.79. The van der Waals surface area contributed by atoms with Crippen LogP contribution in [-0.4, -0.2) is 10.5 Å². The lowest BCUT2D eigenvalue weighted by Gasteiger charge is -2.11. The van der Waals surface area contributed by atoms with Crippen molar-refractivity contribution >= 4 is 34.1 Å². The fourth-order valence-corrected chi connectivity index (χ4v) is 2.89. The number of carbonyl (C=O) groups is 1. The number of pyridine rings is 1. The van der Waals surface area contributed by atoms with Gasteiger partial charge in [-0.25, -0.2) is 0 Å². The number of aromatic nitrogens is 1. The molecule has 23 heavy (non-hydrogen) atoms. The predicted molar refractivity (Wildman–Crippen MR) is 93.3 cm³/mol. The average molecular weight is 327 g/mol. The van der Waals surface area contributed by atoms with E-state index >= 15 is 0 Å². The van der Waals surface area contributed by atoms with E-state index in [-0.39, 0.29) is 11.0 Å². The lowest BCUT2D eigenvalue weighted by Crippen LogP contribution is -2.23. The van der Waals surface area contributed by atoms with Crippen molar-refractivity contribution in [3.63, 3.8) is 0 Å². The zero-order chi connectivity index (χ0) is 16.6. The summed E-state index contributed by atoms with van der Waals surface area (Å²) in [6, 6.07) is 12.5. The first-order chi connectivity index (χ1) is 11.0. The Morgan fingerprint density at radius 2 is 1.87 bits per heavy atom. The highest BCUT2D eigenvalue weighted by Gasteiger charge is 2.16. The number of halogens is 1. The molecule has 0 saturated carbocycles. The second-order valence-corrected chi connectivity index (χ2v) is 5.80. The first-order valence-electron chi connectivity index (χ1n) is 7.14. The van der Waals surface area contributed by atoms with Crippen LogP contribution >= 0.6 is 11.6 Å². The predicted octanol–water partition coefficient (Wildman–Crippen LogP) is 3.75. The molecule has 4 nitrogen and oxygen atoms in total. The van der Waals surface area contributed by atoms with Gasteiger partial charge in [0, 0.05) is 24.3 Å². The number of anilines is 1. The Morgan fingerprint density at radius 1 is 1.13 bits per heavy atom. The third-order valence-corrected chi connectivity index (χ3v) is 4.09. The molecule has 3 rings (SSSR count). The Morgan fingerprint density at radius 3 is 2.61 bits per heavy atom. The van der Waals surface area contributed by atoms with E-state index in [0.717, 1.165) is 5.56 Å². The lowest BCUT2D eigenvalue weighted by atomic mass is 10.1. The number of fused-ring (bicyclic) bond motifs is 1. The number of rotatable bonds is 2. The van der Waals surface area contributed by atoms with Crippen LogP contribution in [0.15, 0.2) is 53.5 Å². The van der Waals surface area contributed by atoms with Crippen molar-refractivity contribution in [2.45, 2.75) is 6.92 Å². The van der Waals surface area contributed by atoms with Crippen LogP contribution in [0.1, 0.15) is 15.9 Å². The van der Waals surface area contributed by atoms with Gasteiger partial charge in [0.1, 0.15) is 5.56 Å². The molecule has 1 aromatic heterocycles. The zero-order valence-electron chi connectivity index (χ0n) is 12.8. The van der Waals surface area contributed by atoms with E-state index in [1.54, 1.807) is 35.9 Å². The minimum absolute atomic E-state index is 0.0884. The molecule has 0 saturated heterocycles. The first kappa shape index (κ1) is 15.3. The number of carbonyl (C=O) groups excluding carboxylic acids is 1. The van der Waals surface area contributed by atoms with Crippen LogP contribution in [0.3, 0.4) is 0 Å². The maximum absolute atomic E-state index is 12.6. The summed E-state index contributed by atoms with van der Waals surface area (Å²) in [6.07, 6.45) is 1.52. The van der Waals surface area contributed by atoms with E-state index < -0.39 is 5.91 Å². The van der Waals surface area contributed by atoms with E-state index in [1.807, 2.05) is 25.1 Å². The first-order valence-corrected chi connectivity index (χ1v) is 7.51. The van der Waals surface area contributed by atoms with Crippen molar-refractivity contribution in [1.29, 1.82) is 0 Å². The van der Waals surface area contributed by atoms with Gasteiger partial charge in [0.25, 0.3) is 5.91 Å². The van der Waals surface area contributed by atoms with Crippen LogP contribution in [0, 0.1) is 6.92 Å². The summed E-state index contributed by atoms with van der Waals surface area (Å²) in [5.41, 5.74) is 2.00. The Hall–Kier alpha value is -2.59. The van der Waals surface area contributed by atoms with Crippen molar-refractivity contribution in [3.05, 3.63) is 75.0 Å². The number of para-hydroxylation sites is 2. The molecular weight excluding hydrogens is 312 g/mol. The molecule has 0 atom stereocenters. The minimum Gasteiger partial charge on any atom is -0.348 e. The second kappa shape index (κ2) is 5.89. The molecule has 3 aromatic rings. The second-order valence-electron chi connectivity index (χ2n) is 5.39. The zero-order valence-corrected chi connectivity index (χ0v) is 13.5. The molecule has 0 radical (unpaired) electrons. The monoisotopic (exact) mass is 326 g/mol. The maximum atomic E-state index is 12.6. The van der Waals surface area contributed by atoms with Gasteiger partial charge in [-0.3, -0.25) is 9.59 Å². The summed E-state index contributed by atoms with van der Waals surface area (Å²) >= 11 is 6.16. The van der Waals surface area contributed by atoms with Crippen LogP contribution < -0.4 is 10.7 Å². The number of benzene rings is 2. The largest absolute Gasteiger partial charge is 0.348 e. The van der Waals surface area contributed by atoms with Gasteiger partial charge in [-0.1, -0.05) is 35.9 Å². The summed E-state index contributed by atoms with van der Waals surface area (Å²) in [6.45, 7) is 1.90. The number of aryl methyl sites for hydroxylation is 2. The summed E-state index contributed by atoms with van der Waals surface area (Å²) < 4.78 is 1.70. The molecule has 1 amide bonds. The molecule has 0 unspecified atom stereocenters. The summed E-state index contributed by atoms with van der Waals surface area (Å²) in [4.78, 5) is 25.1. The van der Waals surface area contributed by atoms with Crippen molar-refractivity contribution in [3.8, 4) is 0 Å². The third kappa shape index (κ3) is 2.73. The van der Waals surface area contributed by atoms with Crippen molar-refractivity contribution < 1.29 is 4.79 Å². The van der Waals surface area contributed by atoms with Crippen LogP contribution in [-0.2, 0) is 7.05 Å². The van der Waals surface area contributed by atoms with Crippen LogP contribution in [0.5, 0.6) is 0 Å². The minimum atomic E-state index is -0.429. The van der Waals surface area contributed by atoms with Gasteiger partial charge >= 0.3 is 0 Å². The average Bonchev–Trinajstić information content (AvgIpc) is 2.52. The molecule has 1 N–H and O–H groups in total. The van der Waals surface area contributed by atoms with E-state index in [0.29, 0.717) is 21.6 Å². The molecule has 0 spiro atoms. The fraction of sp³-hybridized carbons (Fsp3) is 0.111. The van der Waals surface area contributed by atoms with Gasteiger partial charge in [-0.2, -0.15) is 0 Å². The number of amides is 1. The maximum Gasteiger partial charge on any atom is 0.261 e. The summed E-state index contributed by atoms with van der Waals surface area (Å²) in [5.74, 6) is -0.429. The summed E-state index contributed by atoms with van der Waals surface area (Å²) in [5, 5.41) is 3.70. The number of hydrogen-bond donors (Lipinski definition) is 1. The molecule has 0 aliphatic heterocycles. The number of nitrogens with one attached hydrogen (secondary N) is 1. The molecule has 0 aliphatic carbocycles. The van der Waals surface area contributed by atoms with Crippen molar-refractivity contribution in [2.75, 3.05) is 5.32 Å². The molecule has 2 aromatic carbocycles. The standard InChI is InChI=1S/C18H15ClN2O2/c1-11-6-3-4-9-15(11)20-18(23)13-10-21(2)16-12(17(13)22)7-5-8-14(16)19/h3-10H,1-2H3,(H,20,23). The molecule has 116 valence electrons. The topological polar surface area (TPSA) is 51.1 Å². The quantitative estimate of drug-likeness (QED) is 0.779. The Labute approximate surface area is 138 Å². The van der Waals surface area contributed by atoms with Gasteiger partial charge in [0.15, 0.2) is 0 Å². The van der Waals surface area contributed by atoms with Crippen LogP contribution in [0.2, 0.25) is 5.02 Å².